The molecule has 0 aliphatic heterocycles. The molecule has 0 N–H and O–H groups in total. The molecule has 0 atom stereocenters. The average molecular weight is 896 g/mol. The fourth-order valence-corrected chi connectivity index (χ4v) is 12.0. The zero-order valence-corrected chi connectivity index (χ0v) is 38.7. The number of nitrogens with zero attached hydrogens (tertiary/aromatic N) is 1. The van der Waals surface area contributed by atoms with Crippen molar-refractivity contribution < 1.29 is 0 Å². The van der Waals surface area contributed by atoms with Crippen LogP contribution >= 0.6 is 11.3 Å². The molecule has 0 amide bonds. The molecular weight excluding hydrogens is 851 g/mol. The second-order valence-electron chi connectivity index (χ2n) is 18.0. The molecule has 69 heavy (non-hydrogen) atoms. The summed E-state index contributed by atoms with van der Waals surface area (Å²) >= 11 is 1.86. The largest absolute Gasteiger partial charge is 0.310 e. The summed E-state index contributed by atoms with van der Waals surface area (Å²) in [5, 5.41) is 2.62. The minimum atomic E-state index is -0.549. The third kappa shape index (κ3) is 6.91. The van der Waals surface area contributed by atoms with E-state index in [4.69, 9.17) is 0 Å². The second kappa shape index (κ2) is 16.9. The van der Waals surface area contributed by atoms with Crippen LogP contribution in [0.25, 0.3) is 75.8 Å². The molecule has 0 unspecified atom stereocenters. The summed E-state index contributed by atoms with van der Waals surface area (Å²) in [7, 11) is 0. The molecule has 0 radical (unpaired) electrons. The van der Waals surface area contributed by atoms with Gasteiger partial charge in [0.1, 0.15) is 0 Å². The Hall–Kier alpha value is -8.56. The summed E-state index contributed by atoms with van der Waals surface area (Å²) in [4.78, 5) is 2.50. The van der Waals surface area contributed by atoms with Crippen molar-refractivity contribution in [3.8, 4) is 55.6 Å². The van der Waals surface area contributed by atoms with E-state index in [1.807, 2.05) is 11.3 Å². The molecule has 0 fully saturated rings. The lowest BCUT2D eigenvalue weighted by Gasteiger charge is -2.35. The zero-order valence-electron chi connectivity index (χ0n) is 37.8. The van der Waals surface area contributed by atoms with Crippen molar-refractivity contribution in [3.63, 3.8) is 0 Å². The highest BCUT2D eigenvalue weighted by atomic mass is 32.1. The first-order valence-electron chi connectivity index (χ1n) is 23.7. The highest BCUT2D eigenvalue weighted by Crippen LogP contribution is 2.57. The van der Waals surface area contributed by atoms with Gasteiger partial charge in [-0.3, -0.25) is 0 Å². The molecule has 0 bridgehead atoms. The summed E-state index contributed by atoms with van der Waals surface area (Å²) in [6, 6.07) is 101. The summed E-state index contributed by atoms with van der Waals surface area (Å²) in [6.45, 7) is 0. The van der Waals surface area contributed by atoms with Gasteiger partial charge in [-0.05, 0) is 121 Å². The Morgan fingerprint density at radius 1 is 0.275 bits per heavy atom. The van der Waals surface area contributed by atoms with Crippen molar-refractivity contribution in [1.29, 1.82) is 0 Å². The number of benzene rings is 11. The molecule has 12 aromatic rings. The van der Waals surface area contributed by atoms with Crippen LogP contribution in [-0.4, -0.2) is 0 Å². The fraction of sp³-hybridized carbons (Fsp3) is 0.0149. The smallest absolute Gasteiger partial charge is 0.0714 e. The third-order valence-corrected chi connectivity index (χ3v) is 15.3. The second-order valence-corrected chi connectivity index (χ2v) is 19.1. The predicted molar refractivity (Wildman–Crippen MR) is 293 cm³/mol. The Balaban J connectivity index is 1.04. The summed E-state index contributed by atoms with van der Waals surface area (Å²) < 4.78 is 2.63. The maximum atomic E-state index is 2.50. The van der Waals surface area contributed by atoms with Gasteiger partial charge in [0.25, 0.3) is 0 Å². The van der Waals surface area contributed by atoms with Crippen LogP contribution in [0.15, 0.2) is 273 Å². The Labute approximate surface area is 407 Å². The molecule has 2 heteroatoms. The average Bonchev–Trinajstić information content (AvgIpc) is 3.95. The number of anilines is 3. The minimum Gasteiger partial charge on any atom is -0.310 e. The van der Waals surface area contributed by atoms with Crippen molar-refractivity contribution in [2.75, 3.05) is 4.90 Å². The number of fused-ring (bicyclic) bond motifs is 6. The van der Waals surface area contributed by atoms with Crippen molar-refractivity contribution in [2.24, 2.45) is 0 Å². The number of hydrogen-bond donors (Lipinski definition) is 0. The summed E-state index contributed by atoms with van der Waals surface area (Å²) in [6.07, 6.45) is 0. The van der Waals surface area contributed by atoms with Gasteiger partial charge in [-0.2, -0.15) is 0 Å². The predicted octanol–water partition coefficient (Wildman–Crippen LogP) is 18.6. The molecule has 324 valence electrons. The minimum absolute atomic E-state index is 0.549. The van der Waals surface area contributed by atoms with E-state index < -0.39 is 5.41 Å². The van der Waals surface area contributed by atoms with Crippen LogP contribution < -0.4 is 4.90 Å². The van der Waals surface area contributed by atoms with Gasteiger partial charge in [0.05, 0.1) is 11.1 Å². The Kier molecular flexibility index (Phi) is 10.00. The van der Waals surface area contributed by atoms with E-state index >= 15 is 0 Å². The van der Waals surface area contributed by atoms with Gasteiger partial charge in [-0.15, -0.1) is 11.3 Å². The first-order valence-corrected chi connectivity index (χ1v) is 24.5. The van der Waals surface area contributed by atoms with Crippen molar-refractivity contribution >= 4 is 48.6 Å². The monoisotopic (exact) mass is 895 g/mol. The lowest BCUT2D eigenvalue weighted by molar-refractivity contribution is 0.768. The van der Waals surface area contributed by atoms with Gasteiger partial charge < -0.3 is 4.90 Å². The van der Waals surface area contributed by atoms with E-state index in [1.54, 1.807) is 0 Å². The van der Waals surface area contributed by atoms with Gasteiger partial charge in [-0.1, -0.05) is 224 Å². The molecule has 11 aromatic carbocycles. The standard InChI is InChI=1S/C67H45NS/c1-5-17-46(18-6-1)48-29-31-50(32-30-48)57-40-35-52(47-19-7-2-8-20-47)44-64(57)68(55-37-33-49(34-38-55)51-36-42-66-61(43-51)60-26-14-16-28-65(60)69-66)56-39-41-59-58-25-13-15-27-62(58)67(63(59)45-56,53-21-9-3-10-22-53)54-23-11-4-12-24-54/h1-45H. The van der Waals surface area contributed by atoms with Crippen LogP contribution in [0, 0.1) is 0 Å². The molecule has 1 nitrogen and oxygen atoms in total. The SMILES string of the molecule is c1ccc(-c2ccc(-c3ccc(-c4ccccc4)cc3N(c3ccc(-c4ccc5sc6ccccc6c5c4)cc3)c3ccc4c(c3)C(c3ccccc3)(c3ccccc3)c3ccccc3-4)cc2)cc1. The zero-order chi connectivity index (χ0) is 45.7. The number of rotatable bonds is 9. The summed E-state index contributed by atoms with van der Waals surface area (Å²) in [5.41, 5.74) is 19.7. The van der Waals surface area contributed by atoms with E-state index in [1.165, 1.54) is 81.4 Å². The maximum Gasteiger partial charge on any atom is 0.0714 e. The topological polar surface area (TPSA) is 3.24 Å². The first kappa shape index (κ1) is 40.7. The van der Waals surface area contributed by atoms with E-state index in [9.17, 15) is 0 Å². The van der Waals surface area contributed by atoms with Crippen molar-refractivity contribution in [3.05, 3.63) is 295 Å². The molecule has 1 heterocycles. The molecule has 1 aliphatic carbocycles. The van der Waals surface area contributed by atoms with Gasteiger partial charge in [0.15, 0.2) is 0 Å². The van der Waals surface area contributed by atoms with Crippen LogP contribution in [-0.2, 0) is 5.41 Å². The maximum absolute atomic E-state index is 2.50. The van der Waals surface area contributed by atoms with Gasteiger partial charge >= 0.3 is 0 Å². The number of thiophene rings is 1. The Bertz CT molecular complexity index is 3760. The molecule has 13 rings (SSSR count). The van der Waals surface area contributed by atoms with Gasteiger partial charge in [-0.25, -0.2) is 0 Å². The van der Waals surface area contributed by atoms with Crippen LogP contribution in [0.5, 0.6) is 0 Å². The van der Waals surface area contributed by atoms with Crippen molar-refractivity contribution in [1.82, 2.24) is 0 Å². The highest BCUT2D eigenvalue weighted by Gasteiger charge is 2.46. The molecule has 1 aromatic heterocycles. The highest BCUT2D eigenvalue weighted by molar-refractivity contribution is 7.25. The van der Waals surface area contributed by atoms with Gasteiger partial charge in [0.2, 0.25) is 0 Å². The van der Waals surface area contributed by atoms with Crippen LogP contribution in [0.1, 0.15) is 22.3 Å². The Morgan fingerprint density at radius 3 is 1.45 bits per heavy atom. The van der Waals surface area contributed by atoms with E-state index in [2.05, 4.69) is 278 Å². The fourth-order valence-electron chi connectivity index (χ4n) is 11.0. The van der Waals surface area contributed by atoms with E-state index in [-0.39, 0.29) is 0 Å². The summed E-state index contributed by atoms with van der Waals surface area (Å²) in [5.74, 6) is 0. The molecular formula is C67H45NS. The van der Waals surface area contributed by atoms with Crippen LogP contribution in [0.3, 0.4) is 0 Å². The van der Waals surface area contributed by atoms with Gasteiger partial charge in [0, 0.05) is 37.1 Å². The third-order valence-electron chi connectivity index (χ3n) is 14.2. The number of hydrogen-bond acceptors (Lipinski definition) is 2. The molecule has 0 saturated carbocycles. The van der Waals surface area contributed by atoms with Crippen LogP contribution in [0.2, 0.25) is 0 Å². The molecule has 0 saturated heterocycles. The Morgan fingerprint density at radius 2 is 0.739 bits per heavy atom. The molecule has 0 spiro atoms. The quantitative estimate of drug-likeness (QED) is 0.140. The van der Waals surface area contributed by atoms with Crippen molar-refractivity contribution in [2.45, 2.75) is 5.41 Å². The molecule has 1 aliphatic rings. The lowest BCUT2D eigenvalue weighted by atomic mass is 9.67. The van der Waals surface area contributed by atoms with Crippen LogP contribution in [0.4, 0.5) is 17.1 Å². The normalized spacial score (nSPS) is 12.5. The van der Waals surface area contributed by atoms with E-state index in [0.29, 0.717) is 0 Å². The van der Waals surface area contributed by atoms with E-state index in [0.717, 1.165) is 33.8 Å². The lowest BCUT2D eigenvalue weighted by Crippen LogP contribution is -2.28. The first-order chi connectivity index (χ1) is 34.2.